The molecule has 112 valence electrons. The summed E-state index contributed by atoms with van der Waals surface area (Å²) in [5, 5.41) is 4.22. The van der Waals surface area contributed by atoms with E-state index in [1.807, 2.05) is 0 Å². The van der Waals surface area contributed by atoms with Crippen molar-refractivity contribution in [1.82, 2.24) is 9.78 Å². The fourth-order valence-electron chi connectivity index (χ4n) is 2.82. The Morgan fingerprint density at radius 1 is 1.50 bits per heavy atom. The van der Waals surface area contributed by atoms with Gasteiger partial charge in [-0.1, -0.05) is 19.3 Å². The molecule has 1 aromatic heterocycles. The van der Waals surface area contributed by atoms with Crippen LogP contribution in [0, 0.1) is 0 Å². The lowest BCUT2D eigenvalue weighted by atomic mass is 9.79. The van der Waals surface area contributed by atoms with E-state index in [0.29, 0.717) is 25.3 Å². The van der Waals surface area contributed by atoms with Crippen molar-refractivity contribution in [3.05, 3.63) is 16.4 Å². The lowest BCUT2D eigenvalue weighted by molar-refractivity contribution is 0.0919. The monoisotopic (exact) mass is 343 g/mol. The van der Waals surface area contributed by atoms with Gasteiger partial charge in [0.25, 0.3) is 0 Å². The van der Waals surface area contributed by atoms with Crippen molar-refractivity contribution >= 4 is 21.7 Å². The number of carbonyl (C=O) groups excluding carboxylic acids is 1. The lowest BCUT2D eigenvalue weighted by Crippen LogP contribution is -2.43. The van der Waals surface area contributed by atoms with Crippen molar-refractivity contribution in [2.24, 2.45) is 5.73 Å². The van der Waals surface area contributed by atoms with Crippen LogP contribution in [0.25, 0.3) is 0 Å². The van der Waals surface area contributed by atoms with Crippen LogP contribution in [0.3, 0.4) is 0 Å². The molecule has 0 radical (unpaired) electrons. The summed E-state index contributed by atoms with van der Waals surface area (Å²) in [7, 11) is 1.64. The predicted octanol–water partition coefficient (Wildman–Crippen LogP) is 2.53. The van der Waals surface area contributed by atoms with Crippen LogP contribution in [0.5, 0.6) is 0 Å². The highest BCUT2D eigenvalue weighted by atomic mass is 79.9. The van der Waals surface area contributed by atoms with Crippen molar-refractivity contribution in [1.29, 1.82) is 0 Å². The largest absolute Gasteiger partial charge is 0.383 e. The number of rotatable bonds is 6. The van der Waals surface area contributed by atoms with E-state index in [2.05, 4.69) is 21.0 Å². The number of hydrogen-bond donors (Lipinski definition) is 1. The van der Waals surface area contributed by atoms with E-state index in [1.54, 1.807) is 18.0 Å². The number of methoxy groups -OCH3 is 1. The first-order valence-corrected chi connectivity index (χ1v) is 7.87. The van der Waals surface area contributed by atoms with Gasteiger partial charge in [-0.3, -0.25) is 9.48 Å². The molecule has 0 bridgehead atoms. The average Bonchev–Trinajstić information content (AvgIpc) is 2.78. The highest BCUT2D eigenvalue weighted by Gasteiger charge is 2.32. The Morgan fingerprint density at radius 2 is 2.20 bits per heavy atom. The highest BCUT2D eigenvalue weighted by Crippen LogP contribution is 2.30. The standard InChI is InChI=1S/C14H22BrN3O2/c1-20-8-7-18-13(11(15)10-17-18)12(19)9-14(16)5-3-2-4-6-14/h10H,2-9,16H2,1H3. The Hall–Kier alpha value is -0.720. The van der Waals surface area contributed by atoms with Gasteiger partial charge in [-0.25, -0.2) is 0 Å². The molecule has 1 aliphatic rings. The molecule has 0 saturated heterocycles. The molecule has 0 unspecified atom stereocenters. The van der Waals surface area contributed by atoms with E-state index >= 15 is 0 Å². The summed E-state index contributed by atoms with van der Waals surface area (Å²) in [5.41, 5.74) is 6.64. The predicted molar refractivity (Wildman–Crippen MR) is 80.8 cm³/mol. The first-order chi connectivity index (χ1) is 9.56. The van der Waals surface area contributed by atoms with Crippen LogP contribution < -0.4 is 5.73 Å². The van der Waals surface area contributed by atoms with E-state index in [9.17, 15) is 4.79 Å². The summed E-state index contributed by atoms with van der Waals surface area (Å²) in [5.74, 6) is 0.0647. The Labute approximate surface area is 128 Å². The van der Waals surface area contributed by atoms with Crippen LogP contribution in [-0.2, 0) is 11.3 Å². The molecular formula is C14H22BrN3O2. The van der Waals surface area contributed by atoms with Crippen LogP contribution in [0.4, 0.5) is 0 Å². The SMILES string of the molecule is COCCn1ncc(Br)c1C(=O)CC1(N)CCCCC1. The van der Waals surface area contributed by atoms with E-state index in [1.165, 1.54) is 6.42 Å². The molecule has 6 heteroatoms. The van der Waals surface area contributed by atoms with Gasteiger partial charge < -0.3 is 10.5 Å². The summed E-state index contributed by atoms with van der Waals surface area (Å²) in [6, 6.07) is 0. The van der Waals surface area contributed by atoms with E-state index < -0.39 is 0 Å². The van der Waals surface area contributed by atoms with Gasteiger partial charge in [0.1, 0.15) is 5.69 Å². The van der Waals surface area contributed by atoms with Crippen LogP contribution in [0.2, 0.25) is 0 Å². The number of nitrogens with two attached hydrogens (primary N) is 1. The van der Waals surface area contributed by atoms with Gasteiger partial charge in [0.15, 0.2) is 5.78 Å². The van der Waals surface area contributed by atoms with Crippen molar-refractivity contribution < 1.29 is 9.53 Å². The number of halogens is 1. The third kappa shape index (κ3) is 3.68. The molecule has 2 rings (SSSR count). The summed E-state index contributed by atoms with van der Waals surface area (Å²) in [4.78, 5) is 12.6. The summed E-state index contributed by atoms with van der Waals surface area (Å²) < 4.78 is 7.48. The average molecular weight is 344 g/mol. The second kappa shape index (κ2) is 6.83. The highest BCUT2D eigenvalue weighted by molar-refractivity contribution is 9.10. The third-order valence-corrected chi connectivity index (χ3v) is 4.51. The van der Waals surface area contributed by atoms with Crippen LogP contribution >= 0.6 is 15.9 Å². The molecule has 0 aromatic carbocycles. The molecule has 0 atom stereocenters. The summed E-state index contributed by atoms with van der Waals surface area (Å²) in [6.07, 6.45) is 7.38. The molecule has 1 fully saturated rings. The Bertz CT molecular complexity index is 467. The quantitative estimate of drug-likeness (QED) is 0.805. The number of ether oxygens (including phenoxy) is 1. The minimum Gasteiger partial charge on any atom is -0.383 e. The van der Waals surface area contributed by atoms with Gasteiger partial charge in [0.05, 0.1) is 23.8 Å². The molecule has 0 aliphatic heterocycles. The zero-order valence-electron chi connectivity index (χ0n) is 11.9. The first kappa shape index (κ1) is 15.7. The normalized spacial score (nSPS) is 18.1. The Morgan fingerprint density at radius 3 is 2.85 bits per heavy atom. The molecule has 1 heterocycles. The van der Waals surface area contributed by atoms with Crippen LogP contribution in [-0.4, -0.2) is 34.8 Å². The Balaban J connectivity index is 2.10. The maximum atomic E-state index is 12.6. The topological polar surface area (TPSA) is 70.1 Å². The molecule has 1 saturated carbocycles. The fraction of sp³-hybridized carbons (Fsp3) is 0.714. The van der Waals surface area contributed by atoms with Crippen molar-refractivity contribution in [3.63, 3.8) is 0 Å². The second-order valence-electron chi connectivity index (χ2n) is 5.58. The lowest BCUT2D eigenvalue weighted by Gasteiger charge is -2.32. The number of hydrogen-bond acceptors (Lipinski definition) is 4. The van der Waals surface area contributed by atoms with Crippen molar-refractivity contribution in [3.8, 4) is 0 Å². The molecule has 20 heavy (non-hydrogen) atoms. The van der Waals surface area contributed by atoms with Gasteiger partial charge >= 0.3 is 0 Å². The van der Waals surface area contributed by atoms with Gasteiger partial charge in [-0.2, -0.15) is 5.10 Å². The molecule has 1 aliphatic carbocycles. The van der Waals surface area contributed by atoms with Gasteiger partial charge in [0, 0.05) is 19.1 Å². The fourth-order valence-corrected chi connectivity index (χ4v) is 3.34. The zero-order valence-corrected chi connectivity index (χ0v) is 13.5. The third-order valence-electron chi connectivity index (χ3n) is 3.93. The van der Waals surface area contributed by atoms with E-state index in [4.69, 9.17) is 10.5 Å². The molecule has 0 amide bonds. The molecular weight excluding hydrogens is 322 g/mol. The number of ketones is 1. The van der Waals surface area contributed by atoms with Crippen LogP contribution in [0.15, 0.2) is 10.7 Å². The molecule has 5 nitrogen and oxygen atoms in total. The first-order valence-electron chi connectivity index (χ1n) is 7.08. The maximum Gasteiger partial charge on any atom is 0.183 e. The van der Waals surface area contributed by atoms with Gasteiger partial charge in [0.2, 0.25) is 0 Å². The number of Topliss-reactive ketones (excluding diaryl/α,β-unsaturated/α-hetero) is 1. The van der Waals surface area contributed by atoms with E-state index in [-0.39, 0.29) is 11.3 Å². The minimum absolute atomic E-state index is 0.0647. The van der Waals surface area contributed by atoms with Crippen molar-refractivity contribution in [2.45, 2.75) is 50.6 Å². The number of aromatic nitrogens is 2. The molecule has 0 spiro atoms. The number of carbonyl (C=O) groups is 1. The van der Waals surface area contributed by atoms with Crippen molar-refractivity contribution in [2.75, 3.05) is 13.7 Å². The van der Waals surface area contributed by atoms with Crippen LogP contribution in [0.1, 0.15) is 49.0 Å². The Kier molecular flexibility index (Phi) is 5.35. The maximum absolute atomic E-state index is 12.6. The minimum atomic E-state index is -0.342. The summed E-state index contributed by atoms with van der Waals surface area (Å²) >= 11 is 3.41. The van der Waals surface area contributed by atoms with Gasteiger partial charge in [-0.05, 0) is 28.8 Å². The van der Waals surface area contributed by atoms with Gasteiger partial charge in [-0.15, -0.1) is 0 Å². The summed E-state index contributed by atoms with van der Waals surface area (Å²) in [6.45, 7) is 1.10. The molecule has 2 N–H and O–H groups in total. The molecule has 1 aromatic rings. The second-order valence-corrected chi connectivity index (χ2v) is 6.43. The zero-order chi connectivity index (χ0) is 14.6. The number of nitrogens with zero attached hydrogens (tertiary/aromatic N) is 2. The van der Waals surface area contributed by atoms with E-state index in [0.717, 1.165) is 30.2 Å². The smallest absolute Gasteiger partial charge is 0.183 e.